The van der Waals surface area contributed by atoms with Crippen LogP contribution in [0.25, 0.3) is 0 Å². The molecule has 6 nitrogen and oxygen atoms in total. The molecule has 0 saturated heterocycles. The largest absolute Gasteiger partial charge is 0.492 e. The molecular formula is C17H25ClN2O4. The molecular weight excluding hydrogens is 332 g/mol. The summed E-state index contributed by atoms with van der Waals surface area (Å²) in [5, 5.41) is 5.85. The van der Waals surface area contributed by atoms with Gasteiger partial charge in [-0.1, -0.05) is 23.7 Å². The van der Waals surface area contributed by atoms with Crippen LogP contribution >= 0.6 is 11.6 Å². The molecule has 24 heavy (non-hydrogen) atoms. The second-order valence-electron chi connectivity index (χ2n) is 6.16. The highest BCUT2D eigenvalue weighted by Crippen LogP contribution is 2.23. The number of ether oxygens (including phenoxy) is 2. The molecule has 0 bridgehead atoms. The van der Waals surface area contributed by atoms with Crippen LogP contribution in [-0.2, 0) is 9.53 Å². The van der Waals surface area contributed by atoms with Crippen molar-refractivity contribution in [1.29, 1.82) is 0 Å². The SMILES string of the molecule is CC(C)(C)OC(=O)NCCNC(=O)CCCOc1ccccc1Cl. The molecule has 0 aliphatic rings. The Bertz CT molecular complexity index is 544. The van der Waals surface area contributed by atoms with Crippen LogP contribution in [0.4, 0.5) is 4.79 Å². The van der Waals surface area contributed by atoms with Crippen LogP contribution in [0.1, 0.15) is 33.6 Å². The first kappa shape index (κ1) is 20.1. The lowest BCUT2D eigenvalue weighted by atomic mass is 10.2. The van der Waals surface area contributed by atoms with Gasteiger partial charge in [0.15, 0.2) is 0 Å². The van der Waals surface area contributed by atoms with Gasteiger partial charge < -0.3 is 20.1 Å². The molecule has 0 aliphatic carbocycles. The van der Waals surface area contributed by atoms with Crippen LogP contribution in [0.2, 0.25) is 5.02 Å². The minimum absolute atomic E-state index is 0.0938. The molecule has 2 amide bonds. The summed E-state index contributed by atoms with van der Waals surface area (Å²) < 4.78 is 10.6. The summed E-state index contributed by atoms with van der Waals surface area (Å²) in [4.78, 5) is 23.1. The highest BCUT2D eigenvalue weighted by atomic mass is 35.5. The Kier molecular flexibility index (Phi) is 8.40. The molecule has 1 aromatic carbocycles. The molecule has 0 saturated carbocycles. The van der Waals surface area contributed by atoms with Crippen molar-refractivity contribution < 1.29 is 19.1 Å². The van der Waals surface area contributed by atoms with E-state index >= 15 is 0 Å². The van der Waals surface area contributed by atoms with E-state index in [4.69, 9.17) is 21.1 Å². The van der Waals surface area contributed by atoms with Crippen molar-refractivity contribution in [2.24, 2.45) is 0 Å². The standard InChI is InChI=1S/C17H25ClN2O4/c1-17(2,3)24-16(22)20-11-10-19-15(21)9-6-12-23-14-8-5-4-7-13(14)18/h4-5,7-8H,6,9-12H2,1-3H3,(H,19,21)(H,20,22). The number of hydrogen-bond donors (Lipinski definition) is 2. The fourth-order valence-electron chi connectivity index (χ4n) is 1.75. The van der Waals surface area contributed by atoms with Crippen LogP contribution in [0.15, 0.2) is 24.3 Å². The monoisotopic (exact) mass is 356 g/mol. The molecule has 1 aromatic rings. The van der Waals surface area contributed by atoms with Gasteiger partial charge in [0.25, 0.3) is 0 Å². The van der Waals surface area contributed by atoms with Crippen LogP contribution in [0.5, 0.6) is 5.75 Å². The number of rotatable bonds is 8. The van der Waals surface area contributed by atoms with Gasteiger partial charge in [0.2, 0.25) is 5.91 Å². The Morgan fingerprint density at radius 1 is 1.12 bits per heavy atom. The number of alkyl carbamates (subject to hydrolysis) is 1. The Hall–Kier alpha value is -1.95. The quantitative estimate of drug-likeness (QED) is 0.701. The molecule has 0 fully saturated rings. The van der Waals surface area contributed by atoms with E-state index in [0.717, 1.165) is 0 Å². The number of halogens is 1. The van der Waals surface area contributed by atoms with E-state index < -0.39 is 11.7 Å². The second kappa shape index (κ2) is 10.0. The zero-order chi connectivity index (χ0) is 18.0. The van der Waals surface area contributed by atoms with Crippen molar-refractivity contribution >= 4 is 23.6 Å². The molecule has 0 unspecified atom stereocenters. The topological polar surface area (TPSA) is 76.7 Å². The van der Waals surface area contributed by atoms with Crippen molar-refractivity contribution in [2.45, 2.75) is 39.2 Å². The third kappa shape index (κ3) is 9.25. The van der Waals surface area contributed by atoms with E-state index in [9.17, 15) is 9.59 Å². The molecule has 134 valence electrons. The lowest BCUT2D eigenvalue weighted by Gasteiger charge is -2.19. The highest BCUT2D eigenvalue weighted by molar-refractivity contribution is 6.32. The van der Waals surface area contributed by atoms with Gasteiger partial charge in [-0.3, -0.25) is 4.79 Å². The Morgan fingerprint density at radius 2 is 1.79 bits per heavy atom. The molecule has 0 aromatic heterocycles. The number of nitrogens with one attached hydrogen (secondary N) is 2. The van der Waals surface area contributed by atoms with E-state index in [1.807, 2.05) is 12.1 Å². The van der Waals surface area contributed by atoms with E-state index in [1.54, 1.807) is 32.9 Å². The molecule has 2 N–H and O–H groups in total. The first-order valence-corrected chi connectivity index (χ1v) is 8.26. The maximum atomic E-state index is 11.7. The fourth-order valence-corrected chi connectivity index (χ4v) is 1.94. The summed E-state index contributed by atoms with van der Waals surface area (Å²) in [5.41, 5.74) is -0.533. The summed E-state index contributed by atoms with van der Waals surface area (Å²) in [5.74, 6) is 0.518. The van der Waals surface area contributed by atoms with Crippen LogP contribution < -0.4 is 15.4 Å². The maximum absolute atomic E-state index is 11.7. The van der Waals surface area contributed by atoms with Gasteiger partial charge in [-0.25, -0.2) is 4.79 Å². The Balaban J connectivity index is 2.06. The second-order valence-corrected chi connectivity index (χ2v) is 6.57. The van der Waals surface area contributed by atoms with Crippen LogP contribution in [0, 0.1) is 0 Å². The lowest BCUT2D eigenvalue weighted by molar-refractivity contribution is -0.121. The Morgan fingerprint density at radius 3 is 2.46 bits per heavy atom. The first-order valence-electron chi connectivity index (χ1n) is 7.89. The van der Waals surface area contributed by atoms with Gasteiger partial charge in [0, 0.05) is 19.5 Å². The summed E-state index contributed by atoms with van der Waals surface area (Å²) in [6, 6.07) is 7.20. The fraction of sp³-hybridized carbons (Fsp3) is 0.529. The summed E-state index contributed by atoms with van der Waals surface area (Å²) in [6.45, 7) is 6.45. The number of hydrogen-bond acceptors (Lipinski definition) is 4. The summed E-state index contributed by atoms with van der Waals surface area (Å²) in [7, 11) is 0. The van der Waals surface area contributed by atoms with E-state index in [1.165, 1.54) is 0 Å². The van der Waals surface area contributed by atoms with Gasteiger partial charge in [-0.05, 0) is 39.3 Å². The smallest absolute Gasteiger partial charge is 0.407 e. The van der Waals surface area contributed by atoms with Gasteiger partial charge in [0.05, 0.1) is 11.6 Å². The number of benzene rings is 1. The zero-order valence-electron chi connectivity index (χ0n) is 14.4. The molecule has 7 heteroatoms. The van der Waals surface area contributed by atoms with Crippen molar-refractivity contribution in [3.63, 3.8) is 0 Å². The third-order valence-electron chi connectivity index (χ3n) is 2.76. The minimum atomic E-state index is -0.533. The van der Waals surface area contributed by atoms with E-state index in [2.05, 4.69) is 10.6 Å². The van der Waals surface area contributed by atoms with E-state index in [-0.39, 0.29) is 5.91 Å². The predicted octanol–water partition coefficient (Wildman–Crippen LogP) is 3.14. The average molecular weight is 357 g/mol. The molecule has 0 atom stereocenters. The number of carbonyl (C=O) groups excluding carboxylic acids is 2. The third-order valence-corrected chi connectivity index (χ3v) is 3.07. The van der Waals surface area contributed by atoms with Crippen molar-refractivity contribution in [1.82, 2.24) is 10.6 Å². The van der Waals surface area contributed by atoms with Gasteiger partial charge in [0.1, 0.15) is 11.4 Å². The maximum Gasteiger partial charge on any atom is 0.407 e. The van der Waals surface area contributed by atoms with Crippen LogP contribution in [0.3, 0.4) is 0 Å². The number of amides is 2. The average Bonchev–Trinajstić information content (AvgIpc) is 2.48. The highest BCUT2D eigenvalue weighted by Gasteiger charge is 2.15. The summed E-state index contributed by atoms with van der Waals surface area (Å²) in [6.07, 6.45) is 0.429. The van der Waals surface area contributed by atoms with Crippen molar-refractivity contribution in [2.75, 3.05) is 19.7 Å². The normalized spacial score (nSPS) is 10.8. The van der Waals surface area contributed by atoms with Gasteiger partial charge in [-0.15, -0.1) is 0 Å². The van der Waals surface area contributed by atoms with Crippen molar-refractivity contribution in [3.05, 3.63) is 29.3 Å². The Labute approximate surface area is 147 Å². The number of para-hydroxylation sites is 1. The van der Waals surface area contributed by atoms with Gasteiger partial charge >= 0.3 is 6.09 Å². The molecule has 0 spiro atoms. The minimum Gasteiger partial charge on any atom is -0.492 e. The van der Waals surface area contributed by atoms with E-state index in [0.29, 0.717) is 43.3 Å². The predicted molar refractivity (Wildman–Crippen MR) is 93.4 cm³/mol. The van der Waals surface area contributed by atoms with Crippen molar-refractivity contribution in [3.8, 4) is 5.75 Å². The molecule has 0 radical (unpaired) electrons. The summed E-state index contributed by atoms with van der Waals surface area (Å²) >= 11 is 5.97. The molecule has 1 rings (SSSR count). The zero-order valence-corrected chi connectivity index (χ0v) is 15.1. The number of carbonyl (C=O) groups is 2. The lowest BCUT2D eigenvalue weighted by Crippen LogP contribution is -2.37. The van der Waals surface area contributed by atoms with Crippen LogP contribution in [-0.4, -0.2) is 37.3 Å². The van der Waals surface area contributed by atoms with Gasteiger partial charge in [-0.2, -0.15) is 0 Å². The molecule has 0 heterocycles. The molecule has 0 aliphatic heterocycles. The first-order chi connectivity index (χ1) is 11.3.